The number of hydrogen-bond acceptors (Lipinski definition) is 5. The molecule has 0 atom stereocenters. The van der Waals surface area contributed by atoms with E-state index in [4.69, 9.17) is 9.15 Å². The maximum absolute atomic E-state index is 12.4. The van der Waals surface area contributed by atoms with Gasteiger partial charge in [-0.15, -0.1) is 0 Å². The number of ether oxygens (including phenoxy) is 1. The molecule has 1 fully saturated rings. The van der Waals surface area contributed by atoms with Crippen molar-refractivity contribution in [3.05, 3.63) is 52.0 Å². The third kappa shape index (κ3) is 3.18. The van der Waals surface area contributed by atoms with E-state index in [1.807, 2.05) is 0 Å². The van der Waals surface area contributed by atoms with Crippen molar-refractivity contribution in [2.45, 2.75) is 25.7 Å². The monoisotopic (exact) mass is 316 g/mol. The number of rotatable bonds is 6. The van der Waals surface area contributed by atoms with Gasteiger partial charge in [0.1, 0.15) is 5.76 Å². The molecule has 7 heteroatoms. The molecule has 7 nitrogen and oxygen atoms in total. The molecule has 0 bridgehead atoms. The number of nitro benzene ring substituents is 1. The van der Waals surface area contributed by atoms with Crippen LogP contribution in [0.4, 0.5) is 11.4 Å². The summed E-state index contributed by atoms with van der Waals surface area (Å²) >= 11 is 0. The first-order valence-electron chi connectivity index (χ1n) is 7.40. The van der Waals surface area contributed by atoms with Crippen LogP contribution in [0, 0.1) is 10.1 Å². The van der Waals surface area contributed by atoms with Crippen LogP contribution in [-0.4, -0.2) is 17.4 Å². The Morgan fingerprint density at radius 1 is 1.43 bits per heavy atom. The molecule has 1 saturated carbocycles. The topological polar surface area (TPSA) is 94.6 Å². The first kappa shape index (κ1) is 15.1. The molecule has 3 rings (SSSR count). The van der Waals surface area contributed by atoms with E-state index in [1.165, 1.54) is 24.5 Å². The van der Waals surface area contributed by atoms with Crippen LogP contribution in [0.2, 0.25) is 0 Å². The minimum absolute atomic E-state index is 0.130. The van der Waals surface area contributed by atoms with Crippen molar-refractivity contribution in [2.75, 3.05) is 11.9 Å². The van der Waals surface area contributed by atoms with E-state index < -0.39 is 4.92 Å². The van der Waals surface area contributed by atoms with E-state index in [-0.39, 0.29) is 17.3 Å². The minimum atomic E-state index is -0.516. The van der Waals surface area contributed by atoms with Crippen molar-refractivity contribution in [1.82, 2.24) is 0 Å². The van der Waals surface area contributed by atoms with Crippen LogP contribution in [0.1, 0.15) is 41.8 Å². The van der Waals surface area contributed by atoms with Gasteiger partial charge in [0.05, 0.1) is 23.4 Å². The van der Waals surface area contributed by atoms with Gasteiger partial charge in [0, 0.05) is 23.7 Å². The second-order valence-electron chi connectivity index (χ2n) is 5.30. The largest absolute Gasteiger partial charge is 0.487 e. The van der Waals surface area contributed by atoms with Gasteiger partial charge in [-0.2, -0.15) is 0 Å². The number of carbonyl (C=O) groups excluding carboxylic acids is 1. The van der Waals surface area contributed by atoms with Gasteiger partial charge in [-0.1, -0.05) is 0 Å². The summed E-state index contributed by atoms with van der Waals surface area (Å²) in [7, 11) is 0. The first-order valence-corrected chi connectivity index (χ1v) is 7.40. The van der Waals surface area contributed by atoms with Gasteiger partial charge < -0.3 is 14.5 Å². The summed E-state index contributed by atoms with van der Waals surface area (Å²) in [5, 5.41) is 13.7. The quantitative estimate of drug-likeness (QED) is 0.647. The van der Waals surface area contributed by atoms with E-state index in [2.05, 4.69) is 5.32 Å². The van der Waals surface area contributed by atoms with Crippen LogP contribution in [0.25, 0.3) is 0 Å². The van der Waals surface area contributed by atoms with E-state index in [9.17, 15) is 14.9 Å². The fourth-order valence-electron chi connectivity index (χ4n) is 2.38. The lowest BCUT2D eigenvalue weighted by Gasteiger charge is -2.08. The predicted molar refractivity (Wildman–Crippen MR) is 82.9 cm³/mol. The number of carbonyl (C=O) groups is 1. The maximum atomic E-state index is 12.4. The Hall–Kier alpha value is -2.83. The summed E-state index contributed by atoms with van der Waals surface area (Å²) in [5.41, 5.74) is 0.808. The standard InChI is InChI=1S/C16H16N2O5/c1-2-22-14-9-11(5-6-13(14)18(20)21)17-16(19)12-7-8-23-15(12)10-3-4-10/h5-10H,2-4H2,1H3,(H,17,19). The number of nitrogens with zero attached hydrogens (tertiary/aromatic N) is 1. The van der Waals surface area contributed by atoms with Crippen molar-refractivity contribution >= 4 is 17.3 Å². The van der Waals surface area contributed by atoms with Gasteiger partial charge in [0.25, 0.3) is 5.91 Å². The number of furan rings is 1. The van der Waals surface area contributed by atoms with Crippen molar-refractivity contribution < 1.29 is 18.9 Å². The van der Waals surface area contributed by atoms with E-state index in [0.717, 1.165) is 12.8 Å². The van der Waals surface area contributed by atoms with E-state index >= 15 is 0 Å². The van der Waals surface area contributed by atoms with Crippen LogP contribution < -0.4 is 10.1 Å². The van der Waals surface area contributed by atoms with Gasteiger partial charge in [-0.25, -0.2) is 0 Å². The highest BCUT2D eigenvalue weighted by Crippen LogP contribution is 2.42. The molecular formula is C16H16N2O5. The third-order valence-corrected chi connectivity index (χ3v) is 3.60. The molecule has 2 aromatic rings. The van der Waals surface area contributed by atoms with Gasteiger partial charge in [0.15, 0.2) is 5.75 Å². The average Bonchev–Trinajstić information content (AvgIpc) is 3.24. The molecule has 0 spiro atoms. The minimum Gasteiger partial charge on any atom is -0.487 e. The third-order valence-electron chi connectivity index (χ3n) is 3.60. The van der Waals surface area contributed by atoms with Gasteiger partial charge >= 0.3 is 5.69 Å². The summed E-state index contributed by atoms with van der Waals surface area (Å²) in [5.74, 6) is 0.859. The highest BCUT2D eigenvalue weighted by atomic mass is 16.6. The zero-order valence-electron chi connectivity index (χ0n) is 12.6. The molecule has 23 heavy (non-hydrogen) atoms. The zero-order valence-corrected chi connectivity index (χ0v) is 12.6. The van der Waals surface area contributed by atoms with Gasteiger partial charge in [-0.3, -0.25) is 14.9 Å². The summed E-state index contributed by atoms with van der Waals surface area (Å²) in [6, 6.07) is 5.89. The van der Waals surface area contributed by atoms with Crippen molar-refractivity contribution in [3.8, 4) is 5.75 Å². The van der Waals surface area contributed by atoms with E-state index in [1.54, 1.807) is 13.0 Å². The Balaban J connectivity index is 1.81. The van der Waals surface area contributed by atoms with Crippen molar-refractivity contribution in [3.63, 3.8) is 0 Å². The molecule has 1 aliphatic rings. The molecule has 0 radical (unpaired) electrons. The lowest BCUT2D eigenvalue weighted by Crippen LogP contribution is -2.13. The predicted octanol–water partition coefficient (Wildman–Crippen LogP) is 3.72. The molecule has 1 N–H and O–H groups in total. The average molecular weight is 316 g/mol. The lowest BCUT2D eigenvalue weighted by atomic mass is 10.1. The number of benzene rings is 1. The second kappa shape index (κ2) is 6.12. The highest BCUT2D eigenvalue weighted by molar-refractivity contribution is 6.05. The first-order chi connectivity index (χ1) is 11.1. The highest BCUT2D eigenvalue weighted by Gasteiger charge is 2.31. The van der Waals surface area contributed by atoms with Crippen LogP contribution >= 0.6 is 0 Å². The van der Waals surface area contributed by atoms with Gasteiger partial charge in [0.2, 0.25) is 0 Å². The normalized spacial score (nSPS) is 13.6. The number of nitrogens with one attached hydrogen (secondary N) is 1. The number of hydrogen-bond donors (Lipinski definition) is 1. The SMILES string of the molecule is CCOc1cc(NC(=O)c2ccoc2C2CC2)ccc1[N+](=O)[O-]. The van der Waals surface area contributed by atoms with Gasteiger partial charge in [-0.05, 0) is 31.9 Å². The number of anilines is 1. The van der Waals surface area contributed by atoms with Crippen molar-refractivity contribution in [1.29, 1.82) is 0 Å². The molecule has 1 aromatic carbocycles. The summed E-state index contributed by atoms with van der Waals surface area (Å²) in [6.45, 7) is 2.04. The Bertz CT molecular complexity index is 749. The summed E-state index contributed by atoms with van der Waals surface area (Å²) in [6.07, 6.45) is 3.56. The second-order valence-corrected chi connectivity index (χ2v) is 5.30. The number of amides is 1. The fraction of sp³-hybridized carbons (Fsp3) is 0.312. The molecule has 0 aliphatic heterocycles. The Labute approximate surface area is 132 Å². The molecule has 1 amide bonds. The fourth-order valence-corrected chi connectivity index (χ4v) is 2.38. The molecule has 1 aromatic heterocycles. The molecule has 1 aliphatic carbocycles. The van der Waals surface area contributed by atoms with Crippen LogP contribution in [0.15, 0.2) is 34.9 Å². The summed E-state index contributed by atoms with van der Waals surface area (Å²) in [4.78, 5) is 22.8. The maximum Gasteiger partial charge on any atom is 0.311 e. The van der Waals surface area contributed by atoms with Crippen LogP contribution in [-0.2, 0) is 0 Å². The Morgan fingerprint density at radius 2 is 2.22 bits per heavy atom. The van der Waals surface area contributed by atoms with Crippen LogP contribution in [0.5, 0.6) is 5.75 Å². The lowest BCUT2D eigenvalue weighted by molar-refractivity contribution is -0.385. The Kier molecular flexibility index (Phi) is 4.01. The molecule has 0 unspecified atom stereocenters. The van der Waals surface area contributed by atoms with Crippen LogP contribution in [0.3, 0.4) is 0 Å². The molecule has 120 valence electrons. The van der Waals surface area contributed by atoms with Crippen molar-refractivity contribution in [2.24, 2.45) is 0 Å². The molecule has 1 heterocycles. The summed E-state index contributed by atoms with van der Waals surface area (Å²) < 4.78 is 10.7. The Morgan fingerprint density at radius 3 is 2.87 bits per heavy atom. The molecular weight excluding hydrogens is 300 g/mol. The number of nitro groups is 1. The molecule has 0 saturated heterocycles. The smallest absolute Gasteiger partial charge is 0.311 e. The zero-order chi connectivity index (χ0) is 16.4. The van der Waals surface area contributed by atoms with E-state index in [0.29, 0.717) is 29.5 Å².